The number of morpholine rings is 1. The predicted molar refractivity (Wildman–Crippen MR) is 39.2 cm³/mol. The third kappa shape index (κ3) is 2.17. The van der Waals surface area contributed by atoms with E-state index in [1.54, 1.807) is 7.11 Å². The lowest BCUT2D eigenvalue weighted by Crippen LogP contribution is -2.53. The van der Waals surface area contributed by atoms with Gasteiger partial charge in [0.05, 0.1) is 6.61 Å². The van der Waals surface area contributed by atoms with Crippen LogP contribution in [0, 0.1) is 0 Å². The molecule has 0 aromatic carbocycles. The lowest BCUT2D eigenvalue weighted by atomic mass is 10.1. The summed E-state index contributed by atoms with van der Waals surface area (Å²) < 4.78 is 10.2. The Morgan fingerprint density at radius 1 is 1.82 bits per heavy atom. The van der Waals surface area contributed by atoms with Gasteiger partial charge in [-0.05, 0) is 6.92 Å². The van der Waals surface area contributed by atoms with Crippen molar-refractivity contribution in [2.45, 2.75) is 12.5 Å². The molecule has 0 aliphatic carbocycles. The van der Waals surface area contributed by atoms with Gasteiger partial charge in [-0.2, -0.15) is 0 Å². The summed E-state index contributed by atoms with van der Waals surface area (Å²) in [6.45, 7) is 3.09. The fourth-order valence-corrected chi connectivity index (χ4v) is 1.03. The average Bonchev–Trinajstić information content (AvgIpc) is 1.97. The summed E-state index contributed by atoms with van der Waals surface area (Å²) in [6.07, 6.45) is 0. The van der Waals surface area contributed by atoms with Crippen molar-refractivity contribution in [2.24, 2.45) is 0 Å². The smallest absolute Gasteiger partial charge is 0.246 e. The average molecular weight is 159 g/mol. The zero-order valence-electron chi connectivity index (χ0n) is 6.85. The second kappa shape index (κ2) is 3.19. The van der Waals surface area contributed by atoms with Gasteiger partial charge in [-0.1, -0.05) is 0 Å². The molecule has 0 aromatic heterocycles. The van der Waals surface area contributed by atoms with Crippen molar-refractivity contribution in [3.05, 3.63) is 0 Å². The maximum absolute atomic E-state index is 10.7. The maximum atomic E-state index is 10.7. The number of hydrogen-bond donors (Lipinski definition) is 1. The minimum Gasteiger partial charge on any atom is -0.382 e. The summed E-state index contributed by atoms with van der Waals surface area (Å²) in [5.74, 6) is -0.0569. The van der Waals surface area contributed by atoms with Crippen LogP contribution >= 0.6 is 0 Å². The number of rotatable bonds is 2. The molecule has 1 amide bonds. The van der Waals surface area contributed by atoms with E-state index in [1.165, 1.54) is 0 Å². The van der Waals surface area contributed by atoms with E-state index in [9.17, 15) is 4.79 Å². The van der Waals surface area contributed by atoms with E-state index in [4.69, 9.17) is 9.47 Å². The molecule has 1 aliphatic heterocycles. The summed E-state index contributed by atoms with van der Waals surface area (Å²) in [6, 6.07) is 0. The zero-order valence-corrected chi connectivity index (χ0v) is 6.85. The minimum atomic E-state index is -0.345. The molecule has 1 saturated heterocycles. The lowest BCUT2D eigenvalue weighted by molar-refractivity contribution is -0.147. The highest BCUT2D eigenvalue weighted by atomic mass is 16.5. The van der Waals surface area contributed by atoms with E-state index in [1.807, 2.05) is 6.92 Å². The summed E-state index contributed by atoms with van der Waals surface area (Å²) in [5, 5.41) is 2.71. The molecule has 1 fully saturated rings. The van der Waals surface area contributed by atoms with E-state index in [0.717, 1.165) is 0 Å². The quantitative estimate of drug-likeness (QED) is 0.593. The topological polar surface area (TPSA) is 47.6 Å². The molecular formula is C7H13NO3. The number of hydrogen-bond acceptors (Lipinski definition) is 3. The Labute approximate surface area is 65.9 Å². The van der Waals surface area contributed by atoms with Crippen LogP contribution in [0.4, 0.5) is 0 Å². The standard InChI is InChI=1S/C7H13NO3/c1-7(5-10-2)4-8-6(9)3-11-7/h3-5H2,1-2H3,(H,8,9)/t7-/m1/s1. The van der Waals surface area contributed by atoms with Crippen molar-refractivity contribution < 1.29 is 14.3 Å². The number of amides is 1. The third-order valence-corrected chi connectivity index (χ3v) is 1.66. The molecule has 4 heteroatoms. The van der Waals surface area contributed by atoms with Crippen LogP contribution in [0.1, 0.15) is 6.92 Å². The Kier molecular flexibility index (Phi) is 2.46. The van der Waals surface area contributed by atoms with Crippen LogP contribution in [0.3, 0.4) is 0 Å². The highest BCUT2D eigenvalue weighted by Crippen LogP contribution is 2.12. The first-order chi connectivity index (χ1) is 5.16. The molecule has 0 saturated carbocycles. The van der Waals surface area contributed by atoms with E-state index in [2.05, 4.69) is 5.32 Å². The first-order valence-corrected chi connectivity index (χ1v) is 3.56. The molecule has 0 radical (unpaired) electrons. The van der Waals surface area contributed by atoms with Gasteiger partial charge in [0.2, 0.25) is 5.91 Å². The first-order valence-electron chi connectivity index (χ1n) is 3.56. The summed E-state index contributed by atoms with van der Waals surface area (Å²) in [7, 11) is 1.62. The summed E-state index contributed by atoms with van der Waals surface area (Å²) in [4.78, 5) is 10.7. The van der Waals surface area contributed by atoms with E-state index in [-0.39, 0.29) is 18.1 Å². The number of methoxy groups -OCH3 is 1. The van der Waals surface area contributed by atoms with Gasteiger partial charge in [-0.15, -0.1) is 0 Å². The van der Waals surface area contributed by atoms with Crippen molar-refractivity contribution in [1.82, 2.24) is 5.32 Å². The van der Waals surface area contributed by atoms with E-state index >= 15 is 0 Å². The van der Waals surface area contributed by atoms with E-state index in [0.29, 0.717) is 13.2 Å². The molecule has 1 heterocycles. The Morgan fingerprint density at radius 2 is 2.55 bits per heavy atom. The molecule has 11 heavy (non-hydrogen) atoms. The van der Waals surface area contributed by atoms with Crippen molar-refractivity contribution in [1.29, 1.82) is 0 Å². The van der Waals surface area contributed by atoms with Gasteiger partial charge in [0.15, 0.2) is 0 Å². The Hall–Kier alpha value is -0.610. The fourth-order valence-electron chi connectivity index (χ4n) is 1.03. The maximum Gasteiger partial charge on any atom is 0.246 e. The van der Waals surface area contributed by atoms with Gasteiger partial charge in [-0.25, -0.2) is 0 Å². The first kappa shape index (κ1) is 8.49. The predicted octanol–water partition coefficient (Wildman–Crippen LogP) is -0.462. The van der Waals surface area contributed by atoms with Crippen LogP contribution in [-0.4, -0.2) is 38.4 Å². The van der Waals surface area contributed by atoms with Gasteiger partial charge in [-0.3, -0.25) is 4.79 Å². The van der Waals surface area contributed by atoms with Gasteiger partial charge < -0.3 is 14.8 Å². The minimum absolute atomic E-state index is 0.0569. The molecule has 0 unspecified atom stereocenters. The van der Waals surface area contributed by atoms with Crippen LogP contribution in [0.5, 0.6) is 0 Å². The molecule has 0 bridgehead atoms. The van der Waals surface area contributed by atoms with Crippen molar-refractivity contribution in [3.8, 4) is 0 Å². The second-order valence-corrected chi connectivity index (χ2v) is 2.95. The van der Waals surface area contributed by atoms with Crippen molar-refractivity contribution in [2.75, 3.05) is 26.9 Å². The van der Waals surface area contributed by atoms with Gasteiger partial charge in [0, 0.05) is 13.7 Å². The molecule has 0 spiro atoms. The number of ether oxygens (including phenoxy) is 2. The van der Waals surface area contributed by atoms with E-state index < -0.39 is 0 Å². The molecule has 1 N–H and O–H groups in total. The van der Waals surface area contributed by atoms with Crippen LogP contribution in [0.25, 0.3) is 0 Å². The number of nitrogens with one attached hydrogen (secondary N) is 1. The molecule has 1 aliphatic rings. The highest BCUT2D eigenvalue weighted by Gasteiger charge is 2.30. The fraction of sp³-hybridized carbons (Fsp3) is 0.857. The van der Waals surface area contributed by atoms with Gasteiger partial charge in [0.1, 0.15) is 12.2 Å². The number of carbonyl (C=O) groups excluding carboxylic acids is 1. The SMILES string of the molecule is COC[C@@]1(C)CNC(=O)CO1. The van der Waals surface area contributed by atoms with Crippen molar-refractivity contribution in [3.63, 3.8) is 0 Å². The molecule has 1 rings (SSSR count). The van der Waals surface area contributed by atoms with Crippen LogP contribution in [0.2, 0.25) is 0 Å². The Morgan fingerprint density at radius 3 is 3.00 bits per heavy atom. The molecular weight excluding hydrogens is 146 g/mol. The van der Waals surface area contributed by atoms with Crippen LogP contribution in [0.15, 0.2) is 0 Å². The van der Waals surface area contributed by atoms with Gasteiger partial charge in [0.25, 0.3) is 0 Å². The summed E-state index contributed by atoms with van der Waals surface area (Å²) in [5.41, 5.74) is -0.345. The van der Waals surface area contributed by atoms with Crippen LogP contribution in [-0.2, 0) is 14.3 Å². The van der Waals surface area contributed by atoms with Crippen LogP contribution < -0.4 is 5.32 Å². The molecule has 0 aromatic rings. The van der Waals surface area contributed by atoms with Gasteiger partial charge >= 0.3 is 0 Å². The summed E-state index contributed by atoms with van der Waals surface area (Å²) >= 11 is 0. The monoisotopic (exact) mass is 159 g/mol. The molecule has 1 atom stereocenters. The normalized spacial score (nSPS) is 31.6. The highest BCUT2D eigenvalue weighted by molar-refractivity contribution is 5.77. The van der Waals surface area contributed by atoms with Crippen molar-refractivity contribution >= 4 is 5.91 Å². The number of carbonyl (C=O) groups is 1. The second-order valence-electron chi connectivity index (χ2n) is 2.95. The Bertz CT molecular complexity index is 148. The lowest BCUT2D eigenvalue weighted by Gasteiger charge is -2.32. The zero-order chi connectivity index (χ0) is 8.32. The Balaban J connectivity index is 2.41. The largest absolute Gasteiger partial charge is 0.382 e. The molecule has 4 nitrogen and oxygen atoms in total. The third-order valence-electron chi connectivity index (χ3n) is 1.66. The molecule has 64 valence electrons.